The molecule has 0 aromatic heterocycles. The summed E-state index contributed by atoms with van der Waals surface area (Å²) >= 11 is 0. The minimum atomic E-state index is -0.100. The van der Waals surface area contributed by atoms with E-state index in [2.05, 4.69) is 38.2 Å². The number of fused-ring (bicyclic) bond motifs is 3. The van der Waals surface area contributed by atoms with Crippen molar-refractivity contribution in [1.82, 2.24) is 10.2 Å². The third-order valence-corrected chi connectivity index (χ3v) is 7.61. The van der Waals surface area contributed by atoms with Crippen LogP contribution in [0.4, 0.5) is 11.4 Å². The van der Waals surface area contributed by atoms with Gasteiger partial charge >= 0.3 is 0 Å². The molecule has 1 N–H and O–H groups in total. The number of anilines is 2. The number of para-hydroxylation sites is 2. The molecule has 7 heteroatoms. The highest BCUT2D eigenvalue weighted by atomic mass is 16.5. The Bertz CT molecular complexity index is 1010. The molecule has 0 radical (unpaired) electrons. The van der Waals surface area contributed by atoms with Gasteiger partial charge in [-0.05, 0) is 56.1 Å². The Hall–Kier alpha value is -2.93. The van der Waals surface area contributed by atoms with Crippen molar-refractivity contribution in [2.75, 3.05) is 69.8 Å². The number of carbonyl (C=O) groups is 1. The fourth-order valence-electron chi connectivity index (χ4n) is 5.79. The van der Waals surface area contributed by atoms with Crippen LogP contribution in [0.15, 0.2) is 42.5 Å². The summed E-state index contributed by atoms with van der Waals surface area (Å²) in [5.74, 6) is 1.80. The van der Waals surface area contributed by atoms with Gasteiger partial charge in [0.15, 0.2) is 0 Å². The molecular weight excluding hydrogens is 428 g/mol. The average Bonchev–Trinajstić information content (AvgIpc) is 3.41. The molecule has 2 aromatic rings. The van der Waals surface area contributed by atoms with E-state index in [9.17, 15) is 4.79 Å². The van der Waals surface area contributed by atoms with Gasteiger partial charge in [-0.25, -0.2) is 0 Å². The second-order valence-electron chi connectivity index (χ2n) is 9.52. The second-order valence-corrected chi connectivity index (χ2v) is 9.52. The van der Waals surface area contributed by atoms with Gasteiger partial charge in [0.1, 0.15) is 11.5 Å². The van der Waals surface area contributed by atoms with E-state index in [1.54, 1.807) is 14.2 Å². The van der Waals surface area contributed by atoms with Crippen LogP contribution in [0.5, 0.6) is 11.5 Å². The predicted octanol–water partition coefficient (Wildman–Crippen LogP) is 2.78. The zero-order chi connectivity index (χ0) is 23.5. The molecule has 0 bridgehead atoms. The lowest BCUT2D eigenvalue weighted by Gasteiger charge is -2.49. The summed E-state index contributed by atoms with van der Waals surface area (Å²) < 4.78 is 11.2. The normalized spacial score (nSPS) is 22.2. The van der Waals surface area contributed by atoms with E-state index in [-0.39, 0.29) is 17.9 Å². The third kappa shape index (κ3) is 4.53. The lowest BCUT2D eigenvalue weighted by molar-refractivity contribution is -0.125. The molecule has 1 amide bonds. The Morgan fingerprint density at radius 3 is 2.62 bits per heavy atom. The largest absolute Gasteiger partial charge is 0.497 e. The van der Waals surface area contributed by atoms with Crippen LogP contribution in [-0.2, 0) is 11.2 Å². The molecule has 2 saturated heterocycles. The zero-order valence-electron chi connectivity index (χ0n) is 20.3. The number of likely N-dealkylation sites (tertiary alicyclic amines) is 1. The van der Waals surface area contributed by atoms with Crippen LogP contribution in [0.25, 0.3) is 0 Å². The summed E-state index contributed by atoms with van der Waals surface area (Å²) in [5, 5.41) is 3.27. The molecule has 2 fully saturated rings. The molecule has 0 aliphatic carbocycles. The van der Waals surface area contributed by atoms with E-state index < -0.39 is 0 Å². The van der Waals surface area contributed by atoms with Gasteiger partial charge in [-0.15, -0.1) is 0 Å². The standard InChI is InChI=1S/C27H36N4O3/c1-33-21-10-9-20-17-22(27(32)28-11-14-29-12-5-6-13-29)25-19-30(15-16-31(25)24(20)18-21)23-7-3-4-8-26(23)34-2/h3-4,7-10,18,22,25H,5-6,11-17,19H2,1-2H3,(H,28,32)/t22-,25+/m1/s1. The highest BCUT2D eigenvalue weighted by Crippen LogP contribution is 2.40. The fraction of sp³-hybridized carbons (Fsp3) is 0.519. The highest BCUT2D eigenvalue weighted by molar-refractivity contribution is 5.82. The maximum Gasteiger partial charge on any atom is 0.225 e. The van der Waals surface area contributed by atoms with E-state index >= 15 is 0 Å². The highest BCUT2D eigenvalue weighted by Gasteiger charge is 2.42. The van der Waals surface area contributed by atoms with Crippen molar-refractivity contribution >= 4 is 17.3 Å². The van der Waals surface area contributed by atoms with Crippen LogP contribution in [-0.4, -0.2) is 76.9 Å². The summed E-state index contributed by atoms with van der Waals surface area (Å²) in [4.78, 5) is 20.7. The Kier molecular flexibility index (Phi) is 6.81. The van der Waals surface area contributed by atoms with Crippen LogP contribution >= 0.6 is 0 Å². The minimum absolute atomic E-state index is 0.0880. The van der Waals surface area contributed by atoms with Crippen molar-refractivity contribution in [2.24, 2.45) is 5.92 Å². The molecule has 3 aliphatic rings. The number of benzene rings is 2. The zero-order valence-corrected chi connectivity index (χ0v) is 20.3. The lowest BCUT2D eigenvalue weighted by atomic mass is 9.83. The molecule has 0 spiro atoms. The van der Waals surface area contributed by atoms with Gasteiger partial charge in [0.2, 0.25) is 5.91 Å². The number of amides is 1. The summed E-state index contributed by atoms with van der Waals surface area (Å²) in [6, 6.07) is 14.5. The maximum atomic E-state index is 13.5. The molecular formula is C27H36N4O3. The molecule has 2 aromatic carbocycles. The van der Waals surface area contributed by atoms with E-state index in [4.69, 9.17) is 9.47 Å². The van der Waals surface area contributed by atoms with Gasteiger partial charge < -0.3 is 29.5 Å². The van der Waals surface area contributed by atoms with E-state index in [1.165, 1.54) is 24.1 Å². The third-order valence-electron chi connectivity index (χ3n) is 7.61. The van der Waals surface area contributed by atoms with Gasteiger partial charge in [0.25, 0.3) is 0 Å². The number of nitrogens with one attached hydrogen (secondary N) is 1. The smallest absolute Gasteiger partial charge is 0.225 e. The fourth-order valence-corrected chi connectivity index (χ4v) is 5.79. The Morgan fingerprint density at radius 2 is 1.82 bits per heavy atom. The van der Waals surface area contributed by atoms with Crippen LogP contribution in [0.3, 0.4) is 0 Å². The lowest BCUT2D eigenvalue weighted by Crippen LogP contribution is -2.61. The molecule has 2 atom stereocenters. The van der Waals surface area contributed by atoms with Crippen molar-refractivity contribution in [3.05, 3.63) is 48.0 Å². The first-order chi connectivity index (χ1) is 16.7. The molecule has 3 heterocycles. The summed E-state index contributed by atoms with van der Waals surface area (Å²) in [5.41, 5.74) is 3.52. The first-order valence-corrected chi connectivity index (χ1v) is 12.5. The number of piperazine rings is 1. The summed E-state index contributed by atoms with van der Waals surface area (Å²) in [7, 11) is 3.42. The number of nitrogens with zero attached hydrogens (tertiary/aromatic N) is 3. The molecule has 3 aliphatic heterocycles. The Morgan fingerprint density at radius 1 is 1.00 bits per heavy atom. The molecule has 0 unspecified atom stereocenters. The number of carbonyl (C=O) groups excluding carboxylic acids is 1. The van der Waals surface area contributed by atoms with E-state index in [1.807, 2.05) is 24.3 Å². The van der Waals surface area contributed by atoms with Crippen molar-refractivity contribution in [3.63, 3.8) is 0 Å². The van der Waals surface area contributed by atoms with Gasteiger partial charge in [0.05, 0.1) is 31.9 Å². The number of ether oxygens (including phenoxy) is 2. The van der Waals surface area contributed by atoms with Crippen LogP contribution in [0.1, 0.15) is 18.4 Å². The average molecular weight is 465 g/mol. The molecule has 34 heavy (non-hydrogen) atoms. The number of hydrogen-bond acceptors (Lipinski definition) is 6. The van der Waals surface area contributed by atoms with Crippen molar-refractivity contribution in [2.45, 2.75) is 25.3 Å². The van der Waals surface area contributed by atoms with E-state index in [0.717, 1.165) is 62.9 Å². The number of hydrogen-bond donors (Lipinski definition) is 1. The summed E-state index contributed by atoms with van der Waals surface area (Å²) in [6.07, 6.45) is 3.29. The quantitative estimate of drug-likeness (QED) is 0.680. The predicted molar refractivity (Wildman–Crippen MR) is 135 cm³/mol. The van der Waals surface area contributed by atoms with Gasteiger partial charge in [-0.2, -0.15) is 0 Å². The number of rotatable bonds is 7. The second kappa shape index (κ2) is 10.1. The van der Waals surface area contributed by atoms with Crippen LogP contribution in [0.2, 0.25) is 0 Å². The van der Waals surface area contributed by atoms with Crippen LogP contribution in [0, 0.1) is 5.92 Å². The molecule has 5 rings (SSSR count). The number of methoxy groups -OCH3 is 2. The van der Waals surface area contributed by atoms with E-state index in [0.29, 0.717) is 6.54 Å². The van der Waals surface area contributed by atoms with Crippen molar-refractivity contribution in [1.29, 1.82) is 0 Å². The minimum Gasteiger partial charge on any atom is -0.497 e. The first-order valence-electron chi connectivity index (χ1n) is 12.5. The van der Waals surface area contributed by atoms with Crippen molar-refractivity contribution in [3.8, 4) is 11.5 Å². The van der Waals surface area contributed by atoms with Gasteiger partial charge in [0, 0.05) is 44.5 Å². The van der Waals surface area contributed by atoms with Crippen molar-refractivity contribution < 1.29 is 14.3 Å². The first kappa shape index (κ1) is 22.8. The molecule has 0 saturated carbocycles. The Balaban J connectivity index is 1.38. The van der Waals surface area contributed by atoms with Crippen LogP contribution < -0.4 is 24.6 Å². The topological polar surface area (TPSA) is 57.3 Å². The maximum absolute atomic E-state index is 13.5. The van der Waals surface area contributed by atoms with Gasteiger partial charge in [-0.1, -0.05) is 18.2 Å². The molecule has 7 nitrogen and oxygen atoms in total. The SMILES string of the molecule is COc1ccc2c(c1)N1CCN(c3ccccc3OC)C[C@H]1[C@H](C(=O)NCCN1CCCC1)C2. The Labute approximate surface area is 202 Å². The monoisotopic (exact) mass is 464 g/mol. The summed E-state index contributed by atoms with van der Waals surface area (Å²) in [6.45, 7) is 6.46. The van der Waals surface area contributed by atoms with Gasteiger partial charge in [-0.3, -0.25) is 4.79 Å². The molecule has 182 valence electrons.